The molecule has 3 nitrogen and oxygen atoms in total. The maximum absolute atomic E-state index is 11.7. The molecule has 1 rings (SSSR count). The van der Waals surface area contributed by atoms with Crippen molar-refractivity contribution in [2.45, 2.75) is 31.7 Å². The molecule has 1 aliphatic carbocycles. The Morgan fingerprint density at radius 3 is 2.31 bits per heavy atom. The van der Waals surface area contributed by atoms with Crippen LogP contribution in [0.3, 0.4) is 0 Å². The average molecular weight is 222 g/mol. The summed E-state index contributed by atoms with van der Waals surface area (Å²) >= 11 is 0. The second-order valence-corrected chi connectivity index (χ2v) is 4.32. The number of carbonyl (C=O) groups excluding carboxylic acids is 1. The van der Waals surface area contributed by atoms with E-state index < -0.39 is 0 Å². The lowest BCUT2D eigenvalue weighted by atomic mass is 10.2. The fraction of sp³-hybridized carbons (Fsp3) is 0.615. The van der Waals surface area contributed by atoms with E-state index in [1.54, 1.807) is 0 Å². The molecule has 0 bridgehead atoms. The first-order valence-electron chi connectivity index (χ1n) is 5.99. The summed E-state index contributed by atoms with van der Waals surface area (Å²) in [5, 5.41) is 3.08. The molecule has 0 aliphatic heterocycles. The monoisotopic (exact) mass is 222 g/mol. The SMILES string of the molecule is C=CCN(CC=C)CC(=O)NC1CCCC1. The zero-order valence-corrected chi connectivity index (χ0v) is 9.95. The first-order chi connectivity index (χ1) is 7.76. The molecule has 1 saturated carbocycles. The van der Waals surface area contributed by atoms with Gasteiger partial charge in [-0.15, -0.1) is 13.2 Å². The number of hydrogen-bond donors (Lipinski definition) is 1. The predicted octanol–water partition coefficient (Wildman–Crippen LogP) is 1.72. The Morgan fingerprint density at radius 2 is 1.81 bits per heavy atom. The van der Waals surface area contributed by atoms with Crippen molar-refractivity contribution in [3.8, 4) is 0 Å². The molecule has 3 heteroatoms. The van der Waals surface area contributed by atoms with Crippen molar-refractivity contribution in [3.63, 3.8) is 0 Å². The molecule has 90 valence electrons. The van der Waals surface area contributed by atoms with Crippen LogP contribution in [0.15, 0.2) is 25.3 Å². The van der Waals surface area contributed by atoms with Gasteiger partial charge in [0.1, 0.15) is 0 Å². The van der Waals surface area contributed by atoms with Crippen molar-refractivity contribution in [3.05, 3.63) is 25.3 Å². The van der Waals surface area contributed by atoms with Crippen molar-refractivity contribution in [2.75, 3.05) is 19.6 Å². The third-order valence-electron chi connectivity index (χ3n) is 2.86. The number of nitrogens with zero attached hydrogens (tertiary/aromatic N) is 1. The van der Waals surface area contributed by atoms with E-state index in [2.05, 4.69) is 18.5 Å². The molecule has 16 heavy (non-hydrogen) atoms. The number of amides is 1. The highest BCUT2D eigenvalue weighted by atomic mass is 16.2. The van der Waals surface area contributed by atoms with Crippen LogP contribution in [0.1, 0.15) is 25.7 Å². The quantitative estimate of drug-likeness (QED) is 0.665. The van der Waals surface area contributed by atoms with Gasteiger partial charge in [-0.1, -0.05) is 25.0 Å². The van der Waals surface area contributed by atoms with E-state index in [0.717, 1.165) is 25.9 Å². The zero-order valence-electron chi connectivity index (χ0n) is 9.95. The molecule has 1 aliphatic rings. The minimum atomic E-state index is 0.121. The maximum Gasteiger partial charge on any atom is 0.234 e. The van der Waals surface area contributed by atoms with E-state index in [-0.39, 0.29) is 5.91 Å². The number of hydrogen-bond acceptors (Lipinski definition) is 2. The highest BCUT2D eigenvalue weighted by Gasteiger charge is 2.17. The van der Waals surface area contributed by atoms with Crippen LogP contribution < -0.4 is 5.32 Å². The summed E-state index contributed by atoms with van der Waals surface area (Å²) in [5.74, 6) is 0.121. The fourth-order valence-corrected chi connectivity index (χ4v) is 2.12. The van der Waals surface area contributed by atoms with E-state index in [4.69, 9.17) is 0 Å². The van der Waals surface area contributed by atoms with Gasteiger partial charge in [-0.05, 0) is 12.8 Å². The Kier molecular flexibility index (Phi) is 5.86. The van der Waals surface area contributed by atoms with Crippen LogP contribution in [0.25, 0.3) is 0 Å². The molecule has 0 saturated heterocycles. The second kappa shape index (κ2) is 7.23. The van der Waals surface area contributed by atoms with Crippen molar-refractivity contribution in [1.82, 2.24) is 10.2 Å². The molecule has 1 amide bonds. The Balaban J connectivity index is 2.28. The van der Waals surface area contributed by atoms with Gasteiger partial charge in [0.2, 0.25) is 5.91 Å². The summed E-state index contributed by atoms with van der Waals surface area (Å²) in [7, 11) is 0. The molecule has 0 aromatic rings. The number of carbonyl (C=O) groups is 1. The summed E-state index contributed by atoms with van der Waals surface area (Å²) in [5.41, 5.74) is 0. The van der Waals surface area contributed by atoms with Crippen LogP contribution in [0, 0.1) is 0 Å². The van der Waals surface area contributed by atoms with Gasteiger partial charge in [-0.2, -0.15) is 0 Å². The lowest BCUT2D eigenvalue weighted by molar-refractivity contribution is -0.122. The molecule has 1 fully saturated rings. The van der Waals surface area contributed by atoms with Crippen molar-refractivity contribution in [1.29, 1.82) is 0 Å². The Bertz CT molecular complexity index is 234. The van der Waals surface area contributed by atoms with Gasteiger partial charge in [0, 0.05) is 19.1 Å². The number of nitrogens with one attached hydrogen (secondary N) is 1. The van der Waals surface area contributed by atoms with Crippen LogP contribution >= 0.6 is 0 Å². The second-order valence-electron chi connectivity index (χ2n) is 4.32. The summed E-state index contributed by atoms with van der Waals surface area (Å²) < 4.78 is 0. The minimum Gasteiger partial charge on any atom is -0.352 e. The summed E-state index contributed by atoms with van der Waals surface area (Å²) in [6, 6.07) is 0.404. The fourth-order valence-electron chi connectivity index (χ4n) is 2.12. The smallest absolute Gasteiger partial charge is 0.234 e. The molecule has 0 atom stereocenters. The highest BCUT2D eigenvalue weighted by Crippen LogP contribution is 2.17. The van der Waals surface area contributed by atoms with Crippen LogP contribution in [0.5, 0.6) is 0 Å². The first-order valence-corrected chi connectivity index (χ1v) is 5.99. The van der Waals surface area contributed by atoms with Gasteiger partial charge in [0.05, 0.1) is 6.54 Å². The van der Waals surface area contributed by atoms with E-state index in [9.17, 15) is 4.79 Å². The summed E-state index contributed by atoms with van der Waals surface area (Å²) in [6.45, 7) is 9.26. The predicted molar refractivity (Wildman–Crippen MR) is 67.2 cm³/mol. The Hall–Kier alpha value is -1.09. The molecule has 0 aromatic carbocycles. The van der Waals surface area contributed by atoms with Crippen molar-refractivity contribution < 1.29 is 4.79 Å². The molecular formula is C13H22N2O. The standard InChI is InChI=1S/C13H22N2O/c1-3-9-15(10-4-2)11-13(16)14-12-7-5-6-8-12/h3-4,12H,1-2,5-11H2,(H,14,16). The van der Waals surface area contributed by atoms with Gasteiger partial charge < -0.3 is 5.32 Å². The van der Waals surface area contributed by atoms with E-state index in [1.807, 2.05) is 17.1 Å². The molecule has 1 N–H and O–H groups in total. The van der Waals surface area contributed by atoms with Crippen molar-refractivity contribution in [2.24, 2.45) is 0 Å². The molecule has 0 heterocycles. The van der Waals surface area contributed by atoms with Gasteiger partial charge in [0.25, 0.3) is 0 Å². The van der Waals surface area contributed by atoms with E-state index in [1.165, 1.54) is 12.8 Å². The Morgan fingerprint density at radius 1 is 1.25 bits per heavy atom. The average Bonchev–Trinajstić information content (AvgIpc) is 2.71. The van der Waals surface area contributed by atoms with E-state index >= 15 is 0 Å². The minimum absolute atomic E-state index is 0.121. The van der Waals surface area contributed by atoms with Crippen molar-refractivity contribution >= 4 is 5.91 Å². The topological polar surface area (TPSA) is 32.3 Å². The van der Waals surface area contributed by atoms with Gasteiger partial charge in [-0.25, -0.2) is 0 Å². The summed E-state index contributed by atoms with van der Waals surface area (Å²) in [6.07, 6.45) is 8.38. The molecule has 0 spiro atoms. The number of rotatable bonds is 7. The van der Waals surface area contributed by atoms with Crippen LogP contribution in [0.4, 0.5) is 0 Å². The van der Waals surface area contributed by atoms with Gasteiger partial charge in [-0.3, -0.25) is 9.69 Å². The highest BCUT2D eigenvalue weighted by molar-refractivity contribution is 5.78. The molecule has 0 radical (unpaired) electrons. The molecule has 0 aromatic heterocycles. The zero-order chi connectivity index (χ0) is 11.8. The van der Waals surface area contributed by atoms with Gasteiger partial charge in [0.15, 0.2) is 0 Å². The van der Waals surface area contributed by atoms with Crippen LogP contribution in [0.2, 0.25) is 0 Å². The third kappa shape index (κ3) is 4.62. The maximum atomic E-state index is 11.7. The van der Waals surface area contributed by atoms with Crippen LogP contribution in [-0.4, -0.2) is 36.5 Å². The lowest BCUT2D eigenvalue weighted by Crippen LogP contribution is -2.41. The van der Waals surface area contributed by atoms with E-state index in [0.29, 0.717) is 12.6 Å². The molecular weight excluding hydrogens is 200 g/mol. The van der Waals surface area contributed by atoms with Gasteiger partial charge >= 0.3 is 0 Å². The summed E-state index contributed by atoms with van der Waals surface area (Å²) in [4.78, 5) is 13.8. The largest absolute Gasteiger partial charge is 0.352 e. The first kappa shape index (κ1) is 13.0. The normalized spacial score (nSPS) is 16.3. The molecule has 0 unspecified atom stereocenters. The van der Waals surface area contributed by atoms with Crippen LogP contribution in [-0.2, 0) is 4.79 Å². The Labute approximate surface area is 98.2 Å². The third-order valence-corrected chi connectivity index (χ3v) is 2.86. The lowest BCUT2D eigenvalue weighted by Gasteiger charge is -2.19.